The second kappa shape index (κ2) is 6.07. The second-order valence-corrected chi connectivity index (χ2v) is 6.28. The Morgan fingerprint density at radius 2 is 2.26 bits per heavy atom. The number of hydrazine groups is 1. The smallest absolute Gasteiger partial charge is 0.147 e. The third-order valence-electron chi connectivity index (χ3n) is 3.74. The quantitative estimate of drug-likeness (QED) is 0.840. The van der Waals surface area contributed by atoms with Gasteiger partial charge in [-0.15, -0.1) is 0 Å². The van der Waals surface area contributed by atoms with Crippen LogP contribution in [0.1, 0.15) is 18.2 Å². The fourth-order valence-electron chi connectivity index (χ4n) is 2.60. The number of hydrogen-bond acceptors (Lipinski definition) is 6. The Hall–Kier alpha value is -0.850. The molecule has 1 unspecified atom stereocenters. The summed E-state index contributed by atoms with van der Waals surface area (Å²) in [6.45, 7) is 5.37. The highest BCUT2D eigenvalue weighted by atomic mass is 32.2. The number of thioether (sulfide) groups is 1. The number of anilines is 1. The van der Waals surface area contributed by atoms with Gasteiger partial charge in [0.25, 0.3) is 0 Å². The molecule has 1 saturated heterocycles. The van der Waals surface area contributed by atoms with Crippen LogP contribution >= 0.6 is 11.8 Å². The fraction of sp³-hybridized carbons (Fsp3) is 0.692. The van der Waals surface area contributed by atoms with Gasteiger partial charge in [0.05, 0.1) is 5.69 Å². The first-order valence-electron chi connectivity index (χ1n) is 6.99. The Kier molecular flexibility index (Phi) is 4.20. The van der Waals surface area contributed by atoms with Crippen LogP contribution in [0.2, 0.25) is 0 Å². The summed E-state index contributed by atoms with van der Waals surface area (Å²) >= 11 is 2.03. The Morgan fingerprint density at radius 1 is 1.37 bits per heavy atom. The number of aromatic nitrogens is 2. The van der Waals surface area contributed by atoms with Gasteiger partial charge in [-0.05, 0) is 19.9 Å². The summed E-state index contributed by atoms with van der Waals surface area (Å²) in [5.74, 6) is 3.38. The van der Waals surface area contributed by atoms with Crippen LogP contribution in [-0.2, 0) is 12.8 Å². The molecule has 0 aromatic carbocycles. The monoisotopic (exact) mass is 279 g/mol. The zero-order valence-corrected chi connectivity index (χ0v) is 12.2. The predicted octanol–water partition coefficient (Wildman–Crippen LogP) is 0.929. The van der Waals surface area contributed by atoms with Crippen LogP contribution in [0, 0.1) is 0 Å². The number of fused-ring (bicyclic) bond motifs is 1. The summed E-state index contributed by atoms with van der Waals surface area (Å²) in [7, 11) is 0. The van der Waals surface area contributed by atoms with Gasteiger partial charge in [-0.1, -0.05) is 0 Å². The van der Waals surface area contributed by atoms with Crippen molar-refractivity contribution in [2.24, 2.45) is 0 Å². The van der Waals surface area contributed by atoms with Gasteiger partial charge in [-0.3, -0.25) is 0 Å². The average molecular weight is 279 g/mol. The van der Waals surface area contributed by atoms with E-state index >= 15 is 0 Å². The highest BCUT2D eigenvalue weighted by molar-refractivity contribution is 7.99. The van der Waals surface area contributed by atoms with E-state index in [4.69, 9.17) is 0 Å². The van der Waals surface area contributed by atoms with E-state index < -0.39 is 0 Å². The molecule has 0 radical (unpaired) electrons. The summed E-state index contributed by atoms with van der Waals surface area (Å²) in [5, 5.41) is 5.74. The maximum atomic E-state index is 4.46. The van der Waals surface area contributed by atoms with Gasteiger partial charge in [0.2, 0.25) is 0 Å². The average Bonchev–Trinajstić information content (AvgIpc) is 2.67. The van der Waals surface area contributed by atoms with Gasteiger partial charge in [-0.2, -0.15) is 11.8 Å². The minimum atomic E-state index is 0.549. The number of rotatable bonds is 2. The van der Waals surface area contributed by atoms with Crippen molar-refractivity contribution >= 4 is 17.6 Å². The molecule has 2 aliphatic rings. The van der Waals surface area contributed by atoms with Crippen molar-refractivity contribution in [3.05, 3.63) is 17.6 Å². The number of nitrogens with one attached hydrogen (secondary N) is 2. The summed E-state index contributed by atoms with van der Waals surface area (Å²) < 4.78 is 0. The van der Waals surface area contributed by atoms with Gasteiger partial charge in [0, 0.05) is 42.6 Å². The third kappa shape index (κ3) is 3.01. The maximum Gasteiger partial charge on any atom is 0.147 e. The largest absolute Gasteiger partial charge is 0.316 e. The molecule has 5 nitrogen and oxygen atoms in total. The van der Waals surface area contributed by atoms with Gasteiger partial charge >= 0.3 is 0 Å². The first kappa shape index (κ1) is 13.1. The van der Waals surface area contributed by atoms with Crippen molar-refractivity contribution in [3.63, 3.8) is 0 Å². The third-order valence-corrected chi connectivity index (χ3v) is 4.93. The summed E-state index contributed by atoms with van der Waals surface area (Å²) in [6.07, 6.45) is 3.70. The molecule has 104 valence electrons. The standard InChI is InChI=1S/C13H21N5S/c1-10-8-19-7-6-18(10)17-13-11-2-4-14-5-3-12(11)15-9-16-13/h9-10,14H,2-8H2,1H3,(H,15,16,17). The van der Waals surface area contributed by atoms with E-state index in [1.165, 1.54) is 22.8 Å². The van der Waals surface area contributed by atoms with Gasteiger partial charge in [-0.25, -0.2) is 15.0 Å². The van der Waals surface area contributed by atoms with Crippen LogP contribution in [0.5, 0.6) is 0 Å². The van der Waals surface area contributed by atoms with E-state index in [1.54, 1.807) is 6.33 Å². The fourth-order valence-corrected chi connectivity index (χ4v) is 3.61. The van der Waals surface area contributed by atoms with Crippen molar-refractivity contribution in [2.75, 3.05) is 36.6 Å². The minimum absolute atomic E-state index is 0.549. The Balaban J connectivity index is 1.80. The molecule has 0 aliphatic carbocycles. The first-order chi connectivity index (χ1) is 9.34. The summed E-state index contributed by atoms with van der Waals surface area (Å²) in [5.41, 5.74) is 6.01. The summed E-state index contributed by atoms with van der Waals surface area (Å²) in [6, 6.07) is 0.549. The van der Waals surface area contributed by atoms with E-state index in [0.29, 0.717) is 6.04 Å². The second-order valence-electron chi connectivity index (χ2n) is 5.13. The molecule has 6 heteroatoms. The van der Waals surface area contributed by atoms with Crippen molar-refractivity contribution < 1.29 is 0 Å². The lowest BCUT2D eigenvalue weighted by molar-refractivity contribution is 0.281. The normalized spacial score (nSPS) is 24.6. The molecule has 1 fully saturated rings. The molecule has 3 heterocycles. The molecule has 0 spiro atoms. The van der Waals surface area contributed by atoms with Crippen molar-refractivity contribution in [2.45, 2.75) is 25.8 Å². The Labute approximate surface area is 118 Å². The van der Waals surface area contributed by atoms with Crippen LogP contribution in [-0.4, -0.2) is 52.2 Å². The minimum Gasteiger partial charge on any atom is -0.316 e. The van der Waals surface area contributed by atoms with E-state index in [-0.39, 0.29) is 0 Å². The molecule has 3 rings (SSSR count). The molecule has 0 bridgehead atoms. The van der Waals surface area contributed by atoms with E-state index in [0.717, 1.165) is 38.3 Å². The van der Waals surface area contributed by atoms with Crippen LogP contribution in [0.25, 0.3) is 0 Å². The first-order valence-corrected chi connectivity index (χ1v) is 8.14. The molecule has 1 aromatic heterocycles. The van der Waals surface area contributed by atoms with Gasteiger partial charge < -0.3 is 10.7 Å². The van der Waals surface area contributed by atoms with Crippen LogP contribution < -0.4 is 10.7 Å². The molecule has 0 saturated carbocycles. The number of nitrogens with zero attached hydrogens (tertiary/aromatic N) is 3. The molecule has 0 amide bonds. The molecular formula is C13H21N5S. The lowest BCUT2D eigenvalue weighted by atomic mass is 10.1. The predicted molar refractivity (Wildman–Crippen MR) is 79.4 cm³/mol. The zero-order valence-electron chi connectivity index (χ0n) is 11.4. The Bertz CT molecular complexity index is 439. The van der Waals surface area contributed by atoms with Gasteiger partial charge in [0.15, 0.2) is 0 Å². The molecule has 1 atom stereocenters. The molecule has 1 aromatic rings. The Morgan fingerprint density at radius 3 is 3.16 bits per heavy atom. The van der Waals surface area contributed by atoms with Gasteiger partial charge in [0.1, 0.15) is 12.1 Å². The SMILES string of the molecule is CC1CSCCN1Nc1ncnc2c1CCNCC2. The van der Waals surface area contributed by atoms with Crippen molar-refractivity contribution in [3.8, 4) is 0 Å². The van der Waals surface area contributed by atoms with E-state index in [9.17, 15) is 0 Å². The van der Waals surface area contributed by atoms with Crippen LogP contribution in [0.15, 0.2) is 6.33 Å². The lowest BCUT2D eigenvalue weighted by Gasteiger charge is -2.34. The topological polar surface area (TPSA) is 53.1 Å². The lowest BCUT2D eigenvalue weighted by Crippen LogP contribution is -2.44. The number of hydrogen-bond donors (Lipinski definition) is 2. The maximum absolute atomic E-state index is 4.46. The molecular weight excluding hydrogens is 258 g/mol. The molecule has 2 N–H and O–H groups in total. The van der Waals surface area contributed by atoms with E-state index in [2.05, 4.69) is 32.6 Å². The van der Waals surface area contributed by atoms with Crippen LogP contribution in [0.4, 0.5) is 5.82 Å². The highest BCUT2D eigenvalue weighted by Crippen LogP contribution is 2.21. The van der Waals surface area contributed by atoms with Crippen LogP contribution in [0.3, 0.4) is 0 Å². The zero-order chi connectivity index (χ0) is 13.1. The van der Waals surface area contributed by atoms with Crippen molar-refractivity contribution in [1.29, 1.82) is 0 Å². The highest BCUT2D eigenvalue weighted by Gasteiger charge is 2.21. The van der Waals surface area contributed by atoms with Crippen molar-refractivity contribution in [1.82, 2.24) is 20.3 Å². The summed E-state index contributed by atoms with van der Waals surface area (Å²) in [4.78, 5) is 8.90. The molecule has 2 aliphatic heterocycles. The molecule has 19 heavy (non-hydrogen) atoms. The van der Waals surface area contributed by atoms with E-state index in [1.807, 2.05) is 11.8 Å².